The van der Waals surface area contributed by atoms with Crippen molar-refractivity contribution in [2.75, 3.05) is 19.7 Å². The van der Waals surface area contributed by atoms with Gasteiger partial charge in [0.1, 0.15) is 5.69 Å². The molecule has 1 aliphatic heterocycles. The first-order valence-corrected chi connectivity index (χ1v) is 11.8. The number of hydrogen-bond acceptors (Lipinski definition) is 5. The Bertz CT molecular complexity index is 702. The van der Waals surface area contributed by atoms with Gasteiger partial charge in [-0.2, -0.15) is 5.26 Å². The van der Waals surface area contributed by atoms with Crippen molar-refractivity contribution in [1.82, 2.24) is 9.88 Å². The van der Waals surface area contributed by atoms with Crippen LogP contribution in [0, 0.1) is 11.3 Å². The van der Waals surface area contributed by atoms with E-state index < -0.39 is 8.32 Å². The molecule has 0 fully saturated rings. The molecule has 0 amide bonds. The van der Waals surface area contributed by atoms with Gasteiger partial charge in [-0.1, -0.05) is 20.8 Å². The summed E-state index contributed by atoms with van der Waals surface area (Å²) in [6.07, 6.45) is 0.795. The minimum Gasteiger partial charge on any atom is -0.416 e. The Morgan fingerprint density at radius 1 is 1.44 bits per heavy atom. The van der Waals surface area contributed by atoms with Crippen molar-refractivity contribution in [3.8, 4) is 6.07 Å². The summed E-state index contributed by atoms with van der Waals surface area (Å²) in [5, 5.41) is 9.56. The average Bonchev–Trinajstić information content (AvgIpc) is 2.52. The van der Waals surface area contributed by atoms with E-state index in [0.717, 1.165) is 30.8 Å². The van der Waals surface area contributed by atoms with Gasteiger partial charge >= 0.3 is 0 Å². The fraction of sp³-hybridized carbons (Fsp3) is 0.632. The van der Waals surface area contributed by atoms with Gasteiger partial charge in [-0.3, -0.25) is 9.69 Å². The monoisotopic (exact) mass is 359 g/mol. The molecule has 0 N–H and O–H groups in total. The molecule has 5 nitrogen and oxygen atoms in total. The van der Waals surface area contributed by atoms with Crippen molar-refractivity contribution in [2.45, 2.75) is 58.8 Å². The molecule has 0 unspecified atom stereocenters. The van der Waals surface area contributed by atoms with Gasteiger partial charge in [0.05, 0.1) is 17.3 Å². The molecule has 0 aliphatic carbocycles. The lowest BCUT2D eigenvalue weighted by Crippen LogP contribution is -2.43. The number of ketones is 1. The topological polar surface area (TPSA) is 66.2 Å². The lowest BCUT2D eigenvalue weighted by Gasteiger charge is -2.37. The van der Waals surface area contributed by atoms with Gasteiger partial charge in [0.25, 0.3) is 0 Å². The maximum absolute atomic E-state index is 11.7. The molecule has 0 spiro atoms. The van der Waals surface area contributed by atoms with Crippen LogP contribution in [0.25, 0.3) is 0 Å². The largest absolute Gasteiger partial charge is 0.416 e. The zero-order chi connectivity index (χ0) is 18.8. The summed E-state index contributed by atoms with van der Waals surface area (Å²) >= 11 is 0. The lowest BCUT2D eigenvalue weighted by atomic mass is 9.98. The smallest absolute Gasteiger partial charge is 0.192 e. The van der Waals surface area contributed by atoms with Crippen LogP contribution < -0.4 is 0 Å². The van der Waals surface area contributed by atoms with Crippen LogP contribution in [-0.4, -0.2) is 43.7 Å². The summed E-state index contributed by atoms with van der Waals surface area (Å²) in [5.74, 6) is -0.0994. The highest BCUT2D eigenvalue weighted by atomic mass is 28.4. The third-order valence-corrected chi connectivity index (χ3v) is 9.96. The first-order chi connectivity index (χ1) is 11.5. The van der Waals surface area contributed by atoms with Crippen LogP contribution in [0.1, 0.15) is 55.0 Å². The van der Waals surface area contributed by atoms with Gasteiger partial charge in [0.15, 0.2) is 14.1 Å². The van der Waals surface area contributed by atoms with E-state index in [1.165, 1.54) is 6.92 Å². The molecular formula is C19H29N3O2Si. The first kappa shape index (κ1) is 19.8. The highest BCUT2D eigenvalue weighted by Crippen LogP contribution is 2.36. The molecule has 1 aromatic rings. The highest BCUT2D eigenvalue weighted by molar-refractivity contribution is 6.74. The van der Waals surface area contributed by atoms with Gasteiger partial charge in [0.2, 0.25) is 0 Å². The Hall–Kier alpha value is -1.55. The molecule has 2 heterocycles. The molecule has 2 rings (SSSR count). The molecule has 0 saturated heterocycles. The average molecular weight is 360 g/mol. The van der Waals surface area contributed by atoms with Crippen LogP contribution in [0.3, 0.4) is 0 Å². The van der Waals surface area contributed by atoms with Crippen LogP contribution in [-0.2, 0) is 17.4 Å². The molecule has 6 heteroatoms. The standard InChI is InChI=1S/C19H29N3O2Si/c1-14(23)17-11-15(12-20)16-7-8-22(13-18(16)21-17)9-10-24-25(5,6)19(2,3)4/h11H,7-10,13H2,1-6H3. The fourth-order valence-electron chi connectivity index (χ4n) is 2.71. The van der Waals surface area contributed by atoms with E-state index in [9.17, 15) is 10.1 Å². The predicted molar refractivity (Wildman–Crippen MR) is 101 cm³/mol. The Kier molecular flexibility index (Phi) is 5.82. The summed E-state index contributed by atoms with van der Waals surface area (Å²) in [6, 6.07) is 3.84. The summed E-state index contributed by atoms with van der Waals surface area (Å²) in [5.41, 5.74) is 2.83. The highest BCUT2D eigenvalue weighted by Gasteiger charge is 2.37. The number of nitrogens with zero attached hydrogens (tertiary/aromatic N) is 3. The summed E-state index contributed by atoms with van der Waals surface area (Å²) in [6.45, 7) is 15.9. The number of carbonyl (C=O) groups excluding carboxylic acids is 1. The molecule has 0 aromatic carbocycles. The third kappa shape index (κ3) is 4.54. The molecular weight excluding hydrogens is 330 g/mol. The molecule has 25 heavy (non-hydrogen) atoms. The zero-order valence-corrected chi connectivity index (χ0v) is 17.3. The minimum atomic E-state index is -1.73. The SMILES string of the molecule is CC(=O)c1cc(C#N)c2c(n1)CN(CCO[Si](C)(C)C(C)(C)C)CC2. The molecule has 136 valence electrons. The van der Waals surface area contributed by atoms with E-state index in [2.05, 4.69) is 49.8 Å². The Morgan fingerprint density at radius 2 is 2.12 bits per heavy atom. The maximum Gasteiger partial charge on any atom is 0.192 e. The number of rotatable bonds is 5. The first-order valence-electron chi connectivity index (χ1n) is 8.85. The second-order valence-electron chi connectivity index (χ2n) is 8.28. The molecule has 1 aliphatic rings. The third-order valence-electron chi connectivity index (χ3n) is 5.42. The van der Waals surface area contributed by atoms with E-state index in [1.54, 1.807) is 6.07 Å². The summed E-state index contributed by atoms with van der Waals surface area (Å²) in [4.78, 5) is 18.4. The van der Waals surface area contributed by atoms with Crippen molar-refractivity contribution in [2.24, 2.45) is 0 Å². The van der Waals surface area contributed by atoms with Crippen LogP contribution in [0.2, 0.25) is 18.1 Å². The van der Waals surface area contributed by atoms with Gasteiger partial charge in [-0.15, -0.1) is 0 Å². The minimum absolute atomic E-state index is 0.0994. The van der Waals surface area contributed by atoms with E-state index in [0.29, 0.717) is 24.4 Å². The van der Waals surface area contributed by atoms with Crippen molar-refractivity contribution in [1.29, 1.82) is 5.26 Å². The Labute approximate surface area is 152 Å². The number of pyridine rings is 1. The van der Waals surface area contributed by atoms with Gasteiger partial charge < -0.3 is 4.43 Å². The number of fused-ring (bicyclic) bond motifs is 1. The maximum atomic E-state index is 11.7. The van der Waals surface area contributed by atoms with Crippen molar-refractivity contribution < 1.29 is 9.22 Å². The van der Waals surface area contributed by atoms with Crippen LogP contribution in [0.15, 0.2) is 6.07 Å². The summed E-state index contributed by atoms with van der Waals surface area (Å²) < 4.78 is 6.26. The Balaban J connectivity index is 2.05. The Morgan fingerprint density at radius 3 is 2.68 bits per heavy atom. The summed E-state index contributed by atoms with van der Waals surface area (Å²) in [7, 11) is -1.73. The number of carbonyl (C=O) groups is 1. The van der Waals surface area contributed by atoms with Crippen LogP contribution in [0.4, 0.5) is 0 Å². The van der Waals surface area contributed by atoms with Crippen molar-refractivity contribution in [3.05, 3.63) is 28.6 Å². The number of hydrogen-bond donors (Lipinski definition) is 0. The van der Waals surface area contributed by atoms with E-state index in [1.807, 2.05) is 0 Å². The molecule has 0 bridgehead atoms. The normalized spacial score (nSPS) is 15.6. The number of aromatic nitrogens is 1. The van der Waals surface area contributed by atoms with Gasteiger partial charge in [-0.05, 0) is 36.2 Å². The molecule has 0 saturated carbocycles. The zero-order valence-electron chi connectivity index (χ0n) is 16.3. The molecule has 0 radical (unpaired) electrons. The molecule has 1 aromatic heterocycles. The number of Topliss-reactive ketones (excluding diaryl/α,β-unsaturated/α-hetero) is 1. The van der Waals surface area contributed by atoms with E-state index in [4.69, 9.17) is 4.43 Å². The second kappa shape index (κ2) is 7.36. The fourth-order valence-corrected chi connectivity index (χ4v) is 3.75. The van der Waals surface area contributed by atoms with Crippen LogP contribution in [0.5, 0.6) is 0 Å². The lowest BCUT2D eigenvalue weighted by molar-refractivity contribution is 0.101. The predicted octanol–water partition coefficient (Wildman–Crippen LogP) is 3.54. The van der Waals surface area contributed by atoms with Crippen molar-refractivity contribution >= 4 is 14.1 Å². The molecule has 0 atom stereocenters. The van der Waals surface area contributed by atoms with E-state index >= 15 is 0 Å². The second-order valence-corrected chi connectivity index (χ2v) is 13.1. The van der Waals surface area contributed by atoms with Crippen LogP contribution >= 0.6 is 0 Å². The van der Waals surface area contributed by atoms with Gasteiger partial charge in [0, 0.05) is 33.2 Å². The van der Waals surface area contributed by atoms with Gasteiger partial charge in [-0.25, -0.2) is 4.98 Å². The van der Waals surface area contributed by atoms with Crippen molar-refractivity contribution in [3.63, 3.8) is 0 Å². The van der Waals surface area contributed by atoms with E-state index in [-0.39, 0.29) is 10.8 Å². The quantitative estimate of drug-likeness (QED) is 0.594. The number of nitriles is 1.